The van der Waals surface area contributed by atoms with Crippen LogP contribution in [0.2, 0.25) is 0 Å². The van der Waals surface area contributed by atoms with Crippen LogP contribution in [0, 0.1) is 0 Å². The molecule has 2 saturated heterocycles. The SMILES string of the molecule is O[C@@H]1CC2(CCN(CCCc3ccccc3)CC2)OC[C@@H]1O. The fourth-order valence-corrected chi connectivity index (χ4v) is 3.63. The van der Waals surface area contributed by atoms with Crippen LogP contribution in [0.1, 0.15) is 31.2 Å². The molecule has 0 radical (unpaired) electrons. The van der Waals surface area contributed by atoms with Gasteiger partial charge in [-0.15, -0.1) is 0 Å². The summed E-state index contributed by atoms with van der Waals surface area (Å²) in [4.78, 5) is 2.50. The van der Waals surface area contributed by atoms with Gasteiger partial charge in [-0.25, -0.2) is 0 Å². The first kappa shape index (κ1) is 15.9. The summed E-state index contributed by atoms with van der Waals surface area (Å²) in [6.07, 6.45) is 3.47. The maximum Gasteiger partial charge on any atom is 0.103 e. The lowest BCUT2D eigenvalue weighted by Gasteiger charge is -2.46. The van der Waals surface area contributed by atoms with Gasteiger partial charge in [0.05, 0.1) is 18.3 Å². The van der Waals surface area contributed by atoms with Crippen LogP contribution in [0.3, 0.4) is 0 Å². The second-order valence-electron chi connectivity index (χ2n) is 6.76. The number of rotatable bonds is 4. The van der Waals surface area contributed by atoms with Crippen molar-refractivity contribution in [3.05, 3.63) is 35.9 Å². The van der Waals surface area contributed by atoms with E-state index in [9.17, 15) is 10.2 Å². The van der Waals surface area contributed by atoms with Gasteiger partial charge < -0.3 is 19.8 Å². The Kier molecular flexibility index (Phi) is 5.14. The minimum Gasteiger partial charge on any atom is -0.390 e. The number of aryl methyl sites for hydroxylation is 1. The maximum absolute atomic E-state index is 9.88. The van der Waals surface area contributed by atoms with Gasteiger partial charge in [0.1, 0.15) is 6.10 Å². The summed E-state index contributed by atoms with van der Waals surface area (Å²) in [5, 5.41) is 19.5. The second-order valence-corrected chi connectivity index (χ2v) is 6.76. The van der Waals surface area contributed by atoms with Gasteiger partial charge in [0.25, 0.3) is 0 Å². The highest BCUT2D eigenvalue weighted by Crippen LogP contribution is 2.35. The molecule has 3 rings (SSSR count). The van der Waals surface area contributed by atoms with Crippen LogP contribution in [0.4, 0.5) is 0 Å². The highest BCUT2D eigenvalue weighted by atomic mass is 16.5. The highest BCUT2D eigenvalue weighted by molar-refractivity contribution is 5.14. The van der Waals surface area contributed by atoms with E-state index < -0.39 is 12.2 Å². The topological polar surface area (TPSA) is 52.9 Å². The van der Waals surface area contributed by atoms with Gasteiger partial charge in [0, 0.05) is 19.5 Å². The molecule has 0 bridgehead atoms. The molecule has 2 heterocycles. The van der Waals surface area contributed by atoms with Crippen molar-refractivity contribution in [1.82, 2.24) is 4.90 Å². The zero-order valence-electron chi connectivity index (χ0n) is 13.2. The van der Waals surface area contributed by atoms with Gasteiger partial charge in [-0.1, -0.05) is 30.3 Å². The Morgan fingerprint density at radius 3 is 2.50 bits per heavy atom. The van der Waals surface area contributed by atoms with E-state index in [0.717, 1.165) is 38.9 Å². The van der Waals surface area contributed by atoms with Crippen LogP contribution < -0.4 is 0 Å². The molecule has 2 fully saturated rings. The molecule has 2 N–H and O–H groups in total. The molecule has 0 aliphatic carbocycles. The third kappa shape index (κ3) is 3.87. The van der Waals surface area contributed by atoms with Crippen molar-refractivity contribution in [2.75, 3.05) is 26.2 Å². The Morgan fingerprint density at radius 1 is 1.09 bits per heavy atom. The lowest BCUT2D eigenvalue weighted by molar-refractivity contribution is -0.187. The third-order valence-corrected chi connectivity index (χ3v) is 5.14. The van der Waals surface area contributed by atoms with Crippen LogP contribution in [0.15, 0.2) is 30.3 Å². The van der Waals surface area contributed by atoms with Gasteiger partial charge in [0.15, 0.2) is 0 Å². The first-order valence-corrected chi connectivity index (χ1v) is 8.43. The van der Waals surface area contributed by atoms with Gasteiger partial charge in [-0.3, -0.25) is 0 Å². The monoisotopic (exact) mass is 305 g/mol. The van der Waals surface area contributed by atoms with Crippen molar-refractivity contribution < 1.29 is 14.9 Å². The maximum atomic E-state index is 9.88. The summed E-state index contributed by atoms with van der Waals surface area (Å²) in [6.45, 7) is 3.44. The molecular formula is C18H27NO3. The minimum absolute atomic E-state index is 0.200. The predicted octanol–water partition coefficient (Wildman–Crippen LogP) is 1.60. The van der Waals surface area contributed by atoms with E-state index in [1.54, 1.807) is 0 Å². The standard InChI is InChI=1S/C18H27NO3/c20-16-13-18(22-14-17(16)21)8-11-19(12-9-18)10-4-7-15-5-2-1-3-6-15/h1-3,5-6,16-17,20-21H,4,7-14H2/t16-,17+/m1/s1. The van der Waals surface area contributed by atoms with Crippen LogP contribution >= 0.6 is 0 Å². The molecule has 22 heavy (non-hydrogen) atoms. The summed E-state index contributed by atoms with van der Waals surface area (Å²) in [7, 11) is 0. The quantitative estimate of drug-likeness (QED) is 0.887. The highest BCUT2D eigenvalue weighted by Gasteiger charge is 2.42. The molecule has 1 spiro atoms. The summed E-state index contributed by atoms with van der Waals surface area (Å²) in [6, 6.07) is 10.6. The van der Waals surface area contributed by atoms with E-state index in [-0.39, 0.29) is 12.2 Å². The molecule has 0 unspecified atom stereocenters. The Balaban J connectivity index is 1.40. The molecular weight excluding hydrogens is 278 g/mol. The second kappa shape index (κ2) is 7.09. The van der Waals surface area contributed by atoms with Crippen LogP contribution in [0.5, 0.6) is 0 Å². The molecule has 0 saturated carbocycles. The number of benzene rings is 1. The number of piperidine rings is 1. The molecule has 4 nitrogen and oxygen atoms in total. The number of hydrogen-bond donors (Lipinski definition) is 2. The molecule has 2 aliphatic rings. The zero-order chi connectivity index (χ0) is 15.4. The fourth-order valence-electron chi connectivity index (χ4n) is 3.63. The van der Waals surface area contributed by atoms with Gasteiger partial charge in [0.2, 0.25) is 0 Å². The fraction of sp³-hybridized carbons (Fsp3) is 0.667. The first-order valence-electron chi connectivity index (χ1n) is 8.43. The van der Waals surface area contributed by atoms with Crippen molar-refractivity contribution in [2.45, 2.75) is 49.9 Å². The Morgan fingerprint density at radius 2 is 1.82 bits per heavy atom. The Bertz CT molecular complexity index is 457. The molecule has 2 aliphatic heterocycles. The molecule has 0 amide bonds. The van der Waals surface area contributed by atoms with Crippen molar-refractivity contribution in [1.29, 1.82) is 0 Å². The number of ether oxygens (including phenoxy) is 1. The molecule has 1 aromatic carbocycles. The van der Waals surface area contributed by atoms with E-state index in [1.807, 2.05) is 0 Å². The van der Waals surface area contributed by atoms with E-state index in [2.05, 4.69) is 35.2 Å². The van der Waals surface area contributed by atoms with Gasteiger partial charge in [-0.05, 0) is 37.8 Å². The van der Waals surface area contributed by atoms with E-state index >= 15 is 0 Å². The van der Waals surface area contributed by atoms with Crippen molar-refractivity contribution in [3.63, 3.8) is 0 Å². The third-order valence-electron chi connectivity index (χ3n) is 5.14. The average molecular weight is 305 g/mol. The smallest absolute Gasteiger partial charge is 0.103 e. The molecule has 1 aromatic rings. The van der Waals surface area contributed by atoms with Crippen molar-refractivity contribution >= 4 is 0 Å². The summed E-state index contributed by atoms with van der Waals surface area (Å²) >= 11 is 0. The van der Waals surface area contributed by atoms with E-state index in [1.165, 1.54) is 12.0 Å². The summed E-state index contributed by atoms with van der Waals surface area (Å²) in [5.74, 6) is 0. The molecule has 2 atom stereocenters. The Labute approximate surface area is 132 Å². The van der Waals surface area contributed by atoms with Gasteiger partial charge >= 0.3 is 0 Å². The number of aliphatic hydroxyl groups is 2. The minimum atomic E-state index is -0.713. The van der Waals surface area contributed by atoms with Crippen LogP contribution in [-0.4, -0.2) is 59.2 Å². The Hall–Kier alpha value is -0.940. The predicted molar refractivity (Wildman–Crippen MR) is 85.8 cm³/mol. The number of likely N-dealkylation sites (tertiary alicyclic amines) is 1. The summed E-state index contributed by atoms with van der Waals surface area (Å²) in [5.41, 5.74) is 1.21. The lowest BCUT2D eigenvalue weighted by Crippen LogP contribution is -2.54. The van der Waals surface area contributed by atoms with Crippen molar-refractivity contribution in [3.8, 4) is 0 Å². The van der Waals surface area contributed by atoms with Crippen LogP contribution in [-0.2, 0) is 11.2 Å². The van der Waals surface area contributed by atoms with E-state index in [4.69, 9.17) is 4.74 Å². The lowest BCUT2D eigenvalue weighted by atomic mass is 9.82. The zero-order valence-corrected chi connectivity index (χ0v) is 13.2. The average Bonchev–Trinajstić information content (AvgIpc) is 2.55. The molecule has 0 aromatic heterocycles. The number of hydrogen-bond acceptors (Lipinski definition) is 4. The first-order chi connectivity index (χ1) is 10.7. The van der Waals surface area contributed by atoms with Crippen LogP contribution in [0.25, 0.3) is 0 Å². The van der Waals surface area contributed by atoms with E-state index in [0.29, 0.717) is 6.42 Å². The molecule has 122 valence electrons. The van der Waals surface area contributed by atoms with Crippen molar-refractivity contribution in [2.24, 2.45) is 0 Å². The molecule has 4 heteroatoms. The number of aliphatic hydroxyl groups excluding tert-OH is 2. The van der Waals surface area contributed by atoms with Gasteiger partial charge in [-0.2, -0.15) is 0 Å². The summed E-state index contributed by atoms with van der Waals surface area (Å²) < 4.78 is 5.87. The number of nitrogens with zero attached hydrogens (tertiary/aromatic N) is 1. The largest absolute Gasteiger partial charge is 0.390 e. The normalized spacial score (nSPS) is 28.8.